The highest BCUT2D eigenvalue weighted by Gasteiger charge is 2.31. The summed E-state index contributed by atoms with van der Waals surface area (Å²) in [5.74, 6) is -0.0844. The molecule has 0 amide bonds. The third-order valence-electron chi connectivity index (χ3n) is 3.51. The largest absolute Gasteiger partial charge is 0.465 e. The summed E-state index contributed by atoms with van der Waals surface area (Å²) in [4.78, 5) is 16.1. The van der Waals surface area contributed by atoms with Crippen LogP contribution in [0.15, 0.2) is 0 Å². The predicted octanol–water partition coefficient (Wildman–Crippen LogP) is 1.36. The van der Waals surface area contributed by atoms with Crippen molar-refractivity contribution in [1.29, 1.82) is 0 Å². The smallest absolute Gasteiger partial charge is 0.320 e. The molecule has 1 aliphatic heterocycles. The topological polar surface area (TPSA) is 32.8 Å². The molecule has 0 spiro atoms. The van der Waals surface area contributed by atoms with E-state index in [1.54, 1.807) is 0 Å². The van der Waals surface area contributed by atoms with E-state index in [1.807, 2.05) is 0 Å². The van der Waals surface area contributed by atoms with Gasteiger partial charge in [-0.1, -0.05) is 13.3 Å². The Morgan fingerprint density at radius 2 is 2.06 bits per heavy atom. The lowest BCUT2D eigenvalue weighted by Gasteiger charge is -2.45. The van der Waals surface area contributed by atoms with Gasteiger partial charge in [0.05, 0.1) is 13.2 Å². The molecule has 1 aliphatic rings. The number of likely N-dealkylation sites (N-methyl/N-ethyl adjacent to an activating group) is 1. The first-order chi connectivity index (χ1) is 7.95. The zero-order chi connectivity index (χ0) is 12.9. The number of carbonyl (C=O) groups is 1. The summed E-state index contributed by atoms with van der Waals surface area (Å²) in [5.41, 5.74) is 0.141. The zero-order valence-electron chi connectivity index (χ0n) is 11.7. The monoisotopic (exact) mass is 242 g/mol. The van der Waals surface area contributed by atoms with Gasteiger partial charge in [0.1, 0.15) is 0 Å². The first-order valence-electron chi connectivity index (χ1n) is 6.55. The fraction of sp³-hybridized carbons (Fsp3) is 0.923. The van der Waals surface area contributed by atoms with E-state index in [1.165, 1.54) is 0 Å². The highest BCUT2D eigenvalue weighted by Crippen LogP contribution is 2.18. The molecule has 0 aromatic heterocycles. The van der Waals surface area contributed by atoms with Gasteiger partial charge in [0.15, 0.2) is 0 Å². The summed E-state index contributed by atoms with van der Waals surface area (Å²) in [6.07, 6.45) is 2.02. The Bertz CT molecular complexity index is 254. The minimum Gasteiger partial charge on any atom is -0.465 e. The van der Waals surface area contributed by atoms with Gasteiger partial charge in [-0.15, -0.1) is 0 Å². The highest BCUT2D eigenvalue weighted by molar-refractivity contribution is 5.71. The maximum absolute atomic E-state index is 11.6. The number of unbranched alkanes of at least 4 members (excludes halogenated alkanes) is 1. The quantitative estimate of drug-likeness (QED) is 0.538. The number of hydrogen-bond acceptors (Lipinski definition) is 4. The standard InChI is InChI=1S/C13H26N2O2/c1-5-6-9-17-12(16)10-15-8-7-14(4)13(2,3)11-15/h5-11H2,1-4H3. The number of nitrogens with zero attached hydrogens (tertiary/aromatic N) is 2. The average molecular weight is 242 g/mol. The summed E-state index contributed by atoms with van der Waals surface area (Å²) < 4.78 is 5.19. The molecule has 0 atom stereocenters. The summed E-state index contributed by atoms with van der Waals surface area (Å²) in [5, 5.41) is 0. The molecule has 1 heterocycles. The molecule has 4 nitrogen and oxygen atoms in total. The van der Waals surface area contributed by atoms with Crippen LogP contribution in [0.3, 0.4) is 0 Å². The zero-order valence-corrected chi connectivity index (χ0v) is 11.7. The maximum Gasteiger partial charge on any atom is 0.320 e. The van der Waals surface area contributed by atoms with Crippen LogP contribution in [0.4, 0.5) is 0 Å². The second-order valence-electron chi connectivity index (χ2n) is 5.52. The summed E-state index contributed by atoms with van der Waals surface area (Å²) >= 11 is 0. The molecular weight excluding hydrogens is 216 g/mol. The first-order valence-corrected chi connectivity index (χ1v) is 6.55. The van der Waals surface area contributed by atoms with Gasteiger partial charge < -0.3 is 4.74 Å². The number of esters is 1. The molecule has 0 bridgehead atoms. The van der Waals surface area contributed by atoms with Crippen molar-refractivity contribution in [2.75, 3.05) is 39.8 Å². The number of rotatable bonds is 5. The molecule has 0 radical (unpaired) electrons. The third-order valence-corrected chi connectivity index (χ3v) is 3.51. The van der Waals surface area contributed by atoms with Gasteiger partial charge >= 0.3 is 5.97 Å². The lowest BCUT2D eigenvalue weighted by molar-refractivity contribution is -0.146. The van der Waals surface area contributed by atoms with Crippen LogP contribution in [0.25, 0.3) is 0 Å². The number of ether oxygens (including phenoxy) is 1. The fourth-order valence-electron chi connectivity index (χ4n) is 2.03. The molecule has 1 rings (SSSR count). The molecule has 0 aliphatic carbocycles. The van der Waals surface area contributed by atoms with Crippen molar-refractivity contribution >= 4 is 5.97 Å². The van der Waals surface area contributed by atoms with E-state index in [2.05, 4.69) is 37.6 Å². The van der Waals surface area contributed by atoms with Crippen molar-refractivity contribution in [3.63, 3.8) is 0 Å². The van der Waals surface area contributed by atoms with Crippen molar-refractivity contribution in [2.45, 2.75) is 39.2 Å². The molecule has 0 aromatic carbocycles. The minimum absolute atomic E-state index is 0.0844. The Morgan fingerprint density at radius 1 is 1.35 bits per heavy atom. The third kappa shape index (κ3) is 4.64. The average Bonchev–Trinajstić information content (AvgIpc) is 2.23. The highest BCUT2D eigenvalue weighted by atomic mass is 16.5. The van der Waals surface area contributed by atoms with Crippen molar-refractivity contribution < 1.29 is 9.53 Å². The lowest BCUT2D eigenvalue weighted by Crippen LogP contribution is -2.58. The minimum atomic E-state index is -0.0844. The van der Waals surface area contributed by atoms with Crippen LogP contribution >= 0.6 is 0 Å². The van der Waals surface area contributed by atoms with Gasteiger partial charge in [-0.25, -0.2) is 0 Å². The van der Waals surface area contributed by atoms with Crippen LogP contribution in [0.5, 0.6) is 0 Å². The summed E-state index contributed by atoms with van der Waals surface area (Å²) in [6, 6.07) is 0. The Morgan fingerprint density at radius 3 is 2.65 bits per heavy atom. The molecule has 4 heteroatoms. The molecule has 100 valence electrons. The number of carbonyl (C=O) groups excluding carboxylic acids is 1. The van der Waals surface area contributed by atoms with Crippen molar-refractivity contribution in [3.8, 4) is 0 Å². The van der Waals surface area contributed by atoms with Crippen LogP contribution in [0, 0.1) is 0 Å². The van der Waals surface area contributed by atoms with E-state index in [9.17, 15) is 4.79 Å². The normalized spacial score (nSPS) is 21.4. The Kier molecular flexibility index (Phi) is 5.40. The molecule has 1 fully saturated rings. The number of hydrogen-bond donors (Lipinski definition) is 0. The SMILES string of the molecule is CCCCOC(=O)CN1CCN(C)C(C)(C)C1. The van der Waals surface area contributed by atoms with Crippen LogP contribution in [-0.4, -0.2) is 61.1 Å². The van der Waals surface area contributed by atoms with Gasteiger partial charge in [0, 0.05) is 25.2 Å². The summed E-state index contributed by atoms with van der Waals surface area (Å²) in [6.45, 7) is 10.4. The van der Waals surface area contributed by atoms with Crippen LogP contribution < -0.4 is 0 Å². The van der Waals surface area contributed by atoms with Crippen LogP contribution in [-0.2, 0) is 9.53 Å². The van der Waals surface area contributed by atoms with E-state index >= 15 is 0 Å². The van der Waals surface area contributed by atoms with Crippen molar-refractivity contribution in [2.24, 2.45) is 0 Å². The van der Waals surface area contributed by atoms with Gasteiger partial charge in [-0.2, -0.15) is 0 Å². The van der Waals surface area contributed by atoms with E-state index < -0.39 is 0 Å². The van der Waals surface area contributed by atoms with Gasteiger partial charge in [0.25, 0.3) is 0 Å². The molecule has 0 unspecified atom stereocenters. The Labute approximate surface area is 105 Å². The predicted molar refractivity (Wildman–Crippen MR) is 69.0 cm³/mol. The van der Waals surface area contributed by atoms with E-state index in [4.69, 9.17) is 4.74 Å². The molecule has 0 aromatic rings. The second kappa shape index (κ2) is 6.36. The van der Waals surface area contributed by atoms with Crippen molar-refractivity contribution in [1.82, 2.24) is 9.80 Å². The molecule has 17 heavy (non-hydrogen) atoms. The maximum atomic E-state index is 11.6. The molecule has 1 saturated heterocycles. The molecular formula is C13H26N2O2. The van der Waals surface area contributed by atoms with Crippen LogP contribution in [0.2, 0.25) is 0 Å². The molecule has 0 saturated carbocycles. The summed E-state index contributed by atoms with van der Waals surface area (Å²) in [7, 11) is 2.14. The lowest BCUT2D eigenvalue weighted by atomic mass is 10.00. The molecule has 0 N–H and O–H groups in total. The Hall–Kier alpha value is -0.610. The first kappa shape index (κ1) is 14.5. The van der Waals surface area contributed by atoms with E-state index in [0.717, 1.165) is 32.5 Å². The fourth-order valence-corrected chi connectivity index (χ4v) is 2.03. The van der Waals surface area contributed by atoms with Gasteiger partial charge in [0.2, 0.25) is 0 Å². The van der Waals surface area contributed by atoms with Gasteiger partial charge in [-0.05, 0) is 27.3 Å². The van der Waals surface area contributed by atoms with Gasteiger partial charge in [-0.3, -0.25) is 14.6 Å². The Balaban J connectivity index is 2.30. The second-order valence-corrected chi connectivity index (χ2v) is 5.52. The van der Waals surface area contributed by atoms with Crippen molar-refractivity contribution in [3.05, 3.63) is 0 Å². The van der Waals surface area contributed by atoms with Crippen LogP contribution in [0.1, 0.15) is 33.6 Å². The van der Waals surface area contributed by atoms with E-state index in [0.29, 0.717) is 13.2 Å². The number of piperazine rings is 1. The van der Waals surface area contributed by atoms with E-state index in [-0.39, 0.29) is 11.5 Å².